The van der Waals surface area contributed by atoms with Crippen molar-refractivity contribution in [3.8, 4) is 0 Å². The number of unbranched alkanes of at least 4 members (excludes halogenated alkanes) is 22. The molecule has 0 rings (SSSR count). The minimum absolute atomic E-state index is 0.107. The zero-order chi connectivity index (χ0) is 48.6. The molecule has 1 atom stereocenters. The molecule has 0 radical (unpaired) electrons. The fourth-order valence-electron chi connectivity index (χ4n) is 7.32. The highest BCUT2D eigenvalue weighted by atomic mass is 16.6. The largest absolute Gasteiger partial charge is 0.462 e. The molecule has 0 aromatic heterocycles. The zero-order valence-electron chi connectivity index (χ0n) is 43.6. The number of rotatable bonds is 49. The summed E-state index contributed by atoms with van der Waals surface area (Å²) in [6.07, 6.45) is 72.6. The van der Waals surface area contributed by atoms with Crippen LogP contribution in [-0.2, 0) is 28.6 Å². The van der Waals surface area contributed by atoms with Crippen LogP contribution in [0.4, 0.5) is 0 Å². The number of ether oxygens (including phenoxy) is 3. The summed E-state index contributed by atoms with van der Waals surface area (Å²) in [7, 11) is 0. The monoisotopic (exact) mass is 931 g/mol. The van der Waals surface area contributed by atoms with Crippen LogP contribution in [-0.4, -0.2) is 37.2 Å². The van der Waals surface area contributed by atoms with Crippen molar-refractivity contribution in [1.29, 1.82) is 0 Å². The van der Waals surface area contributed by atoms with E-state index in [9.17, 15) is 14.4 Å². The molecular weight excluding hydrogens is 829 g/mol. The van der Waals surface area contributed by atoms with Gasteiger partial charge in [0.05, 0.1) is 0 Å². The summed E-state index contributed by atoms with van der Waals surface area (Å²) >= 11 is 0. The standard InChI is InChI=1S/C61H102O6/c1-4-7-10-13-16-19-22-24-26-28-30-32-34-36-39-42-45-48-51-54-60(63)66-57-58(56-65-59(62)53-50-47-44-41-38-21-18-15-12-9-6-3)67-61(64)55-52-49-46-43-40-37-35-33-31-29-27-25-23-20-17-14-11-8-5-2/h15-20,24-27,30,32,36,39,45,48,58H,4-14,21-23,28-29,31,33-35,37-38,40-44,46-47,49-57H2,1-3H3/b18-15-,19-16-,20-17-,26-24-,27-25-,32-30-,39-36-,48-45-/t58-/m0/s1. The lowest BCUT2D eigenvalue weighted by molar-refractivity contribution is -0.166. The van der Waals surface area contributed by atoms with E-state index in [-0.39, 0.29) is 37.5 Å². The van der Waals surface area contributed by atoms with E-state index < -0.39 is 6.10 Å². The molecular formula is C61H102O6. The molecule has 0 aliphatic heterocycles. The molecule has 0 N–H and O–H groups in total. The van der Waals surface area contributed by atoms with E-state index in [0.29, 0.717) is 19.3 Å². The Morgan fingerprint density at radius 3 is 0.985 bits per heavy atom. The van der Waals surface area contributed by atoms with Gasteiger partial charge in [0, 0.05) is 19.3 Å². The third-order valence-electron chi connectivity index (χ3n) is 11.5. The van der Waals surface area contributed by atoms with Crippen LogP contribution in [0.15, 0.2) is 97.2 Å². The molecule has 0 aromatic rings. The Hall–Kier alpha value is -3.67. The van der Waals surface area contributed by atoms with Crippen LogP contribution < -0.4 is 0 Å². The van der Waals surface area contributed by atoms with Crippen molar-refractivity contribution in [2.75, 3.05) is 13.2 Å². The first-order valence-electron chi connectivity index (χ1n) is 27.7. The van der Waals surface area contributed by atoms with E-state index >= 15 is 0 Å². The molecule has 0 aromatic carbocycles. The number of esters is 3. The van der Waals surface area contributed by atoms with Crippen LogP contribution in [0.25, 0.3) is 0 Å². The molecule has 0 aliphatic carbocycles. The predicted octanol–water partition coefficient (Wildman–Crippen LogP) is 18.5. The van der Waals surface area contributed by atoms with Crippen molar-refractivity contribution in [3.05, 3.63) is 97.2 Å². The van der Waals surface area contributed by atoms with Crippen molar-refractivity contribution in [1.82, 2.24) is 0 Å². The number of hydrogen-bond acceptors (Lipinski definition) is 6. The van der Waals surface area contributed by atoms with Gasteiger partial charge in [0.15, 0.2) is 6.10 Å². The normalized spacial score (nSPS) is 12.8. The van der Waals surface area contributed by atoms with Gasteiger partial charge in [-0.15, -0.1) is 0 Å². The average Bonchev–Trinajstić information content (AvgIpc) is 3.33. The third-order valence-corrected chi connectivity index (χ3v) is 11.5. The van der Waals surface area contributed by atoms with E-state index in [2.05, 4.69) is 112 Å². The Kier molecular flexibility index (Phi) is 51.9. The highest BCUT2D eigenvalue weighted by Crippen LogP contribution is 2.14. The molecule has 0 spiro atoms. The molecule has 67 heavy (non-hydrogen) atoms. The molecule has 0 amide bonds. The van der Waals surface area contributed by atoms with Gasteiger partial charge in [-0.3, -0.25) is 14.4 Å². The van der Waals surface area contributed by atoms with E-state index in [1.165, 1.54) is 122 Å². The number of hydrogen-bond donors (Lipinski definition) is 0. The molecule has 6 heteroatoms. The summed E-state index contributed by atoms with van der Waals surface area (Å²) in [6, 6.07) is 0. The van der Waals surface area contributed by atoms with Crippen LogP contribution in [0.3, 0.4) is 0 Å². The van der Waals surface area contributed by atoms with Gasteiger partial charge in [-0.05, 0) is 109 Å². The van der Waals surface area contributed by atoms with E-state index in [1.54, 1.807) is 0 Å². The van der Waals surface area contributed by atoms with Crippen molar-refractivity contribution in [2.24, 2.45) is 0 Å². The maximum Gasteiger partial charge on any atom is 0.306 e. The minimum atomic E-state index is -0.813. The summed E-state index contributed by atoms with van der Waals surface area (Å²) in [4.78, 5) is 38.0. The number of carbonyl (C=O) groups is 3. The molecule has 0 heterocycles. The molecule has 0 unspecified atom stereocenters. The zero-order valence-corrected chi connectivity index (χ0v) is 43.6. The Labute approximate surface area is 413 Å². The first-order chi connectivity index (χ1) is 33.0. The molecule has 0 saturated heterocycles. The van der Waals surface area contributed by atoms with Crippen LogP contribution in [0.5, 0.6) is 0 Å². The Morgan fingerprint density at radius 1 is 0.299 bits per heavy atom. The minimum Gasteiger partial charge on any atom is -0.462 e. The average molecular weight is 931 g/mol. The molecule has 0 bridgehead atoms. The fourth-order valence-corrected chi connectivity index (χ4v) is 7.32. The van der Waals surface area contributed by atoms with E-state index in [0.717, 1.165) is 83.5 Å². The second-order valence-corrected chi connectivity index (χ2v) is 18.1. The maximum atomic E-state index is 12.8. The molecule has 0 saturated carbocycles. The lowest BCUT2D eigenvalue weighted by atomic mass is 10.1. The van der Waals surface area contributed by atoms with Crippen molar-refractivity contribution in [2.45, 2.75) is 258 Å². The van der Waals surface area contributed by atoms with Crippen molar-refractivity contribution < 1.29 is 28.6 Å². The summed E-state index contributed by atoms with van der Waals surface area (Å²) in [5.74, 6) is -1.01. The van der Waals surface area contributed by atoms with Crippen LogP contribution in [0, 0.1) is 0 Å². The summed E-state index contributed by atoms with van der Waals surface area (Å²) in [6.45, 7) is 6.47. The molecule has 0 fully saturated rings. The van der Waals surface area contributed by atoms with Gasteiger partial charge in [0.2, 0.25) is 0 Å². The van der Waals surface area contributed by atoms with Gasteiger partial charge in [-0.25, -0.2) is 0 Å². The van der Waals surface area contributed by atoms with Crippen LogP contribution >= 0.6 is 0 Å². The molecule has 0 aliphatic rings. The maximum absolute atomic E-state index is 12.8. The van der Waals surface area contributed by atoms with Crippen LogP contribution in [0.1, 0.15) is 252 Å². The van der Waals surface area contributed by atoms with Gasteiger partial charge >= 0.3 is 17.9 Å². The van der Waals surface area contributed by atoms with E-state index in [1.807, 2.05) is 6.08 Å². The SMILES string of the molecule is CCCC/C=C\CCCCCCCC(=O)OC[C@@H](COC(=O)CC/C=C\C/C=C\C/C=C\C/C=C\C/C=C\CCCCC)OC(=O)CCCCCCCCCCC/C=C\C/C=C\CCCCC. The van der Waals surface area contributed by atoms with Gasteiger partial charge in [-0.2, -0.15) is 0 Å². The lowest BCUT2D eigenvalue weighted by Crippen LogP contribution is -2.30. The highest BCUT2D eigenvalue weighted by molar-refractivity contribution is 5.71. The Morgan fingerprint density at radius 2 is 0.582 bits per heavy atom. The second-order valence-electron chi connectivity index (χ2n) is 18.1. The smallest absolute Gasteiger partial charge is 0.306 e. The Balaban J connectivity index is 4.47. The first-order valence-corrected chi connectivity index (χ1v) is 27.7. The topological polar surface area (TPSA) is 78.9 Å². The van der Waals surface area contributed by atoms with Gasteiger partial charge in [0.1, 0.15) is 13.2 Å². The van der Waals surface area contributed by atoms with Gasteiger partial charge < -0.3 is 14.2 Å². The van der Waals surface area contributed by atoms with Crippen molar-refractivity contribution >= 4 is 17.9 Å². The number of carbonyl (C=O) groups excluding carboxylic acids is 3. The predicted molar refractivity (Wildman–Crippen MR) is 288 cm³/mol. The molecule has 6 nitrogen and oxygen atoms in total. The quantitative estimate of drug-likeness (QED) is 0.0262. The number of allylic oxidation sites excluding steroid dienone is 16. The Bertz CT molecular complexity index is 1350. The second kappa shape index (κ2) is 54.9. The first kappa shape index (κ1) is 63.3. The van der Waals surface area contributed by atoms with Gasteiger partial charge in [-0.1, -0.05) is 221 Å². The van der Waals surface area contributed by atoms with Crippen LogP contribution in [0.2, 0.25) is 0 Å². The van der Waals surface area contributed by atoms with Gasteiger partial charge in [0.25, 0.3) is 0 Å². The third kappa shape index (κ3) is 53.2. The highest BCUT2D eigenvalue weighted by Gasteiger charge is 2.19. The van der Waals surface area contributed by atoms with Crippen molar-refractivity contribution in [3.63, 3.8) is 0 Å². The fraction of sp³-hybridized carbons (Fsp3) is 0.689. The molecule has 382 valence electrons. The summed E-state index contributed by atoms with van der Waals surface area (Å²) in [5.41, 5.74) is 0. The summed E-state index contributed by atoms with van der Waals surface area (Å²) in [5, 5.41) is 0. The lowest BCUT2D eigenvalue weighted by Gasteiger charge is -2.18. The van der Waals surface area contributed by atoms with E-state index in [4.69, 9.17) is 14.2 Å². The summed E-state index contributed by atoms with van der Waals surface area (Å²) < 4.78 is 16.7.